The Labute approximate surface area is 125 Å². The minimum absolute atomic E-state index is 0.0913. The van der Waals surface area contributed by atoms with E-state index in [0.29, 0.717) is 22.4 Å². The Hall–Kier alpha value is -2.48. The first-order valence-electron chi connectivity index (χ1n) is 5.84. The van der Waals surface area contributed by atoms with Gasteiger partial charge in [-0.3, -0.25) is 4.98 Å². The lowest BCUT2D eigenvalue weighted by Crippen LogP contribution is -2.16. The molecule has 0 aliphatic heterocycles. The van der Waals surface area contributed by atoms with Crippen molar-refractivity contribution < 1.29 is 13.7 Å². The number of phenolic OH excluding ortho intramolecular Hbond substituents is 1. The predicted molar refractivity (Wildman–Crippen MR) is 80.4 cm³/mol. The van der Waals surface area contributed by atoms with Crippen LogP contribution in [0.5, 0.6) is 11.5 Å². The Morgan fingerprint density at radius 1 is 1.43 bits per heavy atom. The third-order valence-corrected chi connectivity index (χ3v) is 2.89. The lowest BCUT2D eigenvalue weighted by molar-refractivity contribution is 0.414. The summed E-state index contributed by atoms with van der Waals surface area (Å²) >= 11 is -0.158. The van der Waals surface area contributed by atoms with E-state index in [2.05, 4.69) is 14.9 Å². The molecule has 0 saturated heterocycles. The average Bonchev–Trinajstić information content (AvgIpc) is 2.52. The number of hydrogen-bond acceptors (Lipinski definition) is 6. The van der Waals surface area contributed by atoms with E-state index in [1.54, 1.807) is 24.4 Å². The molecule has 0 fully saturated rings. The van der Waals surface area contributed by atoms with E-state index >= 15 is 0 Å². The summed E-state index contributed by atoms with van der Waals surface area (Å²) in [7, 11) is 1.53. The number of hydrogen-bond donors (Lipinski definition) is 3. The first kappa shape index (κ1) is 14.9. The highest BCUT2D eigenvalue weighted by molar-refractivity contribution is 7.92. The van der Waals surface area contributed by atoms with Crippen molar-refractivity contribution in [2.45, 2.75) is 0 Å². The topological polar surface area (TPSA) is 92.8 Å². The summed E-state index contributed by atoms with van der Waals surface area (Å²) in [6.45, 7) is 0. The molecule has 0 unspecified atom stereocenters. The first-order chi connectivity index (χ1) is 10.2. The maximum atomic E-state index is 11.9. The fourth-order valence-electron chi connectivity index (χ4n) is 1.78. The molecule has 0 bridgehead atoms. The van der Waals surface area contributed by atoms with Gasteiger partial charge in [-0.15, -0.1) is 8.99 Å². The first-order valence-corrected chi connectivity index (χ1v) is 6.56. The normalized spacial score (nSPS) is 11.2. The maximum absolute atomic E-state index is 11.9. The summed E-state index contributed by atoms with van der Waals surface area (Å²) in [5.41, 5.74) is 7.57. The van der Waals surface area contributed by atoms with Gasteiger partial charge in [0.25, 0.3) is 0 Å². The molecule has 21 heavy (non-hydrogen) atoms. The van der Waals surface area contributed by atoms with Crippen LogP contribution in [0.2, 0.25) is 0 Å². The van der Waals surface area contributed by atoms with Gasteiger partial charge in [0.05, 0.1) is 7.11 Å². The van der Waals surface area contributed by atoms with Crippen LogP contribution >= 0.6 is 12.3 Å². The lowest BCUT2D eigenvalue weighted by Gasteiger charge is -2.10. The number of aromatic nitrogens is 1. The minimum Gasteiger partial charge on any atom is -0.508 e. The quantitative estimate of drug-likeness (QED) is 0.339. The van der Waals surface area contributed by atoms with Gasteiger partial charge in [-0.05, 0) is 24.3 Å². The Balaban J connectivity index is 2.44. The molecule has 4 N–H and O–H groups in total. The lowest BCUT2D eigenvalue weighted by atomic mass is 10.0. The van der Waals surface area contributed by atoms with Gasteiger partial charge in [-0.1, -0.05) is 0 Å². The van der Waals surface area contributed by atoms with E-state index in [4.69, 9.17) is 10.5 Å². The Bertz CT molecular complexity index is 666. The third-order valence-electron chi connectivity index (χ3n) is 2.73. The molecule has 8 heteroatoms. The van der Waals surface area contributed by atoms with Crippen molar-refractivity contribution in [2.75, 3.05) is 7.11 Å². The average molecular weight is 308 g/mol. The summed E-state index contributed by atoms with van der Waals surface area (Å²) in [5, 5.41) is 13.2. The smallest absolute Gasteiger partial charge is 0.179 e. The van der Waals surface area contributed by atoms with E-state index in [9.17, 15) is 8.99 Å². The van der Waals surface area contributed by atoms with Crippen LogP contribution in [0.15, 0.2) is 41.8 Å². The van der Waals surface area contributed by atoms with E-state index < -0.39 is 0 Å². The van der Waals surface area contributed by atoms with Gasteiger partial charge >= 0.3 is 0 Å². The third kappa shape index (κ3) is 3.54. The predicted octanol–water partition coefficient (Wildman–Crippen LogP) is 2.21. The second-order valence-electron chi connectivity index (χ2n) is 4.01. The number of pyridine rings is 1. The number of methoxy groups -OCH3 is 1. The van der Waals surface area contributed by atoms with Crippen LogP contribution in [-0.4, -0.2) is 23.0 Å². The van der Waals surface area contributed by atoms with Crippen LogP contribution in [0.4, 0.5) is 3.89 Å². The fraction of sp³-hybridized carbons (Fsp3) is 0.0769. The van der Waals surface area contributed by atoms with E-state index in [0.717, 1.165) is 0 Å². The minimum atomic E-state index is -0.158. The summed E-state index contributed by atoms with van der Waals surface area (Å²) in [5.74, 6) is 0.779. The van der Waals surface area contributed by atoms with E-state index in [-0.39, 0.29) is 23.9 Å². The number of rotatable bonds is 5. The molecule has 0 amide bonds. The van der Waals surface area contributed by atoms with Crippen molar-refractivity contribution >= 4 is 18.2 Å². The molecular formula is C13H13FN4O2S. The number of benzene rings is 1. The van der Waals surface area contributed by atoms with Gasteiger partial charge in [0.2, 0.25) is 0 Å². The molecule has 1 heterocycles. The van der Waals surface area contributed by atoms with Crippen molar-refractivity contribution in [1.82, 2.24) is 9.82 Å². The van der Waals surface area contributed by atoms with Crippen molar-refractivity contribution in [1.29, 1.82) is 0 Å². The Kier molecular flexibility index (Phi) is 4.83. The monoisotopic (exact) mass is 308 g/mol. The van der Waals surface area contributed by atoms with Gasteiger partial charge < -0.3 is 15.6 Å². The molecule has 0 radical (unpaired) electrons. The number of amidine groups is 1. The van der Waals surface area contributed by atoms with Crippen LogP contribution in [0, 0.1) is 0 Å². The molecule has 0 aliphatic carbocycles. The molecule has 0 spiro atoms. The van der Waals surface area contributed by atoms with Gasteiger partial charge in [-0.2, -0.15) is 0 Å². The zero-order valence-electron chi connectivity index (χ0n) is 11.1. The maximum Gasteiger partial charge on any atom is 0.179 e. The molecule has 0 aliphatic rings. The van der Waals surface area contributed by atoms with Crippen molar-refractivity contribution in [3.63, 3.8) is 0 Å². The number of nitrogens with zero attached hydrogens (tertiary/aromatic N) is 2. The highest BCUT2D eigenvalue weighted by atomic mass is 32.2. The number of aromatic hydroxyl groups is 1. The van der Waals surface area contributed by atoms with Crippen molar-refractivity contribution in [3.05, 3.63) is 42.2 Å². The highest BCUT2D eigenvalue weighted by Gasteiger charge is 2.09. The van der Waals surface area contributed by atoms with Crippen LogP contribution in [0.3, 0.4) is 0 Å². The molecule has 6 nitrogen and oxygen atoms in total. The molecule has 2 rings (SSSR count). The second kappa shape index (κ2) is 6.80. The SMILES string of the molecule is COc1ccc(O)cc1-c1cncc(/C(N)=N/NSF)c1. The molecule has 110 valence electrons. The Morgan fingerprint density at radius 3 is 2.95 bits per heavy atom. The molecule has 0 saturated carbocycles. The highest BCUT2D eigenvalue weighted by Crippen LogP contribution is 2.32. The van der Waals surface area contributed by atoms with Crippen LogP contribution in [0.25, 0.3) is 11.1 Å². The fourth-order valence-corrected chi connectivity index (χ4v) is 1.91. The number of hydrazone groups is 1. The van der Waals surface area contributed by atoms with Crippen LogP contribution < -0.4 is 15.3 Å². The van der Waals surface area contributed by atoms with Gasteiger partial charge in [0, 0.05) is 29.1 Å². The summed E-state index contributed by atoms with van der Waals surface area (Å²) in [6, 6.07) is 6.45. The standard InChI is InChI=1S/C13H13FN4O2S/c1-20-12-3-2-10(19)5-11(12)8-4-9(7-16-6-8)13(15)17-18-21-14/h2-7,18-19H,1H3,(H2,15,17). The molecule has 0 atom stereocenters. The Morgan fingerprint density at radius 2 is 2.24 bits per heavy atom. The van der Waals surface area contributed by atoms with Crippen molar-refractivity contribution in [3.8, 4) is 22.6 Å². The molecule has 1 aromatic carbocycles. The zero-order valence-corrected chi connectivity index (χ0v) is 11.9. The van der Waals surface area contributed by atoms with E-state index in [1.165, 1.54) is 19.4 Å². The van der Waals surface area contributed by atoms with Gasteiger partial charge in [0.15, 0.2) is 18.2 Å². The van der Waals surface area contributed by atoms with Crippen LogP contribution in [0.1, 0.15) is 5.56 Å². The molecule has 1 aromatic heterocycles. The van der Waals surface area contributed by atoms with E-state index in [1.807, 2.05) is 0 Å². The number of phenols is 1. The number of ether oxygens (including phenoxy) is 1. The number of halogens is 1. The summed E-state index contributed by atoms with van der Waals surface area (Å²) < 4.78 is 17.2. The largest absolute Gasteiger partial charge is 0.508 e. The number of nitrogens with two attached hydrogens (primary N) is 1. The summed E-state index contributed by atoms with van der Waals surface area (Å²) in [6.07, 6.45) is 3.10. The molecule has 2 aromatic rings. The summed E-state index contributed by atoms with van der Waals surface area (Å²) in [4.78, 5) is 6.13. The molecular weight excluding hydrogens is 295 g/mol. The van der Waals surface area contributed by atoms with Gasteiger partial charge in [-0.25, -0.2) is 4.83 Å². The number of nitrogens with one attached hydrogen (secondary N) is 1. The van der Waals surface area contributed by atoms with Crippen molar-refractivity contribution in [2.24, 2.45) is 10.8 Å². The van der Waals surface area contributed by atoms with Crippen LogP contribution in [-0.2, 0) is 0 Å². The van der Waals surface area contributed by atoms with Gasteiger partial charge in [0.1, 0.15) is 11.5 Å². The zero-order chi connectivity index (χ0) is 15.2. The second-order valence-corrected chi connectivity index (χ2v) is 4.35.